The van der Waals surface area contributed by atoms with Gasteiger partial charge in [0.15, 0.2) is 5.78 Å². The van der Waals surface area contributed by atoms with E-state index < -0.39 is 0 Å². The van der Waals surface area contributed by atoms with Gasteiger partial charge in [-0.25, -0.2) is 0 Å². The van der Waals surface area contributed by atoms with Crippen LogP contribution in [0, 0.1) is 0 Å². The summed E-state index contributed by atoms with van der Waals surface area (Å²) in [7, 11) is 3.05. The second-order valence-corrected chi connectivity index (χ2v) is 3.61. The van der Waals surface area contributed by atoms with Crippen LogP contribution >= 0.6 is 15.9 Å². The third kappa shape index (κ3) is 2.39. The first-order valence-corrected chi connectivity index (χ1v) is 5.01. The molecule has 3 nitrogen and oxygen atoms in total. The van der Waals surface area contributed by atoms with E-state index >= 15 is 0 Å². The van der Waals surface area contributed by atoms with Crippen LogP contribution in [0.3, 0.4) is 0 Å². The predicted molar refractivity (Wildman–Crippen MR) is 61.8 cm³/mol. The summed E-state index contributed by atoms with van der Waals surface area (Å²) >= 11 is 3.30. The minimum absolute atomic E-state index is 0.185. The number of carbonyl (C=O) groups is 1. The normalized spacial score (nSPS) is 9.53. The van der Waals surface area contributed by atoms with Gasteiger partial charge in [0.1, 0.15) is 11.5 Å². The summed E-state index contributed by atoms with van der Waals surface area (Å²) in [5.74, 6) is 0.905. The molecule has 0 saturated carbocycles. The minimum Gasteiger partial charge on any atom is -0.496 e. The monoisotopic (exact) mass is 270 g/mol. The van der Waals surface area contributed by atoms with E-state index in [1.807, 2.05) is 0 Å². The van der Waals surface area contributed by atoms with Gasteiger partial charge in [-0.2, -0.15) is 0 Å². The van der Waals surface area contributed by atoms with Crippen molar-refractivity contribution >= 4 is 21.7 Å². The Morgan fingerprint density at radius 1 is 1.33 bits per heavy atom. The zero-order chi connectivity index (χ0) is 11.4. The molecule has 1 aromatic carbocycles. The maximum Gasteiger partial charge on any atom is 0.189 e. The highest BCUT2D eigenvalue weighted by molar-refractivity contribution is 9.10. The summed E-state index contributed by atoms with van der Waals surface area (Å²) in [4.78, 5) is 11.5. The van der Waals surface area contributed by atoms with E-state index in [0.717, 1.165) is 0 Å². The van der Waals surface area contributed by atoms with Crippen molar-refractivity contribution in [3.63, 3.8) is 0 Å². The highest BCUT2D eigenvalue weighted by atomic mass is 79.9. The number of halogens is 1. The summed E-state index contributed by atoms with van der Waals surface area (Å²) in [6.45, 7) is 3.43. The molecule has 15 heavy (non-hydrogen) atoms. The molecule has 80 valence electrons. The van der Waals surface area contributed by atoms with E-state index in [1.54, 1.807) is 19.2 Å². The van der Waals surface area contributed by atoms with E-state index in [1.165, 1.54) is 13.2 Å². The molecule has 0 atom stereocenters. The molecule has 0 spiro atoms. The molecule has 1 rings (SSSR count). The van der Waals surface area contributed by atoms with Crippen LogP contribution in [0.4, 0.5) is 0 Å². The van der Waals surface area contributed by atoms with Crippen LogP contribution in [-0.2, 0) is 0 Å². The van der Waals surface area contributed by atoms with Gasteiger partial charge in [-0.1, -0.05) is 6.58 Å². The van der Waals surface area contributed by atoms with Crippen LogP contribution < -0.4 is 9.47 Å². The number of hydrogen-bond donors (Lipinski definition) is 0. The van der Waals surface area contributed by atoms with Crippen LogP contribution in [0.1, 0.15) is 10.4 Å². The van der Waals surface area contributed by atoms with Crippen molar-refractivity contribution < 1.29 is 14.3 Å². The fraction of sp³-hybridized carbons (Fsp3) is 0.182. The first-order chi connectivity index (χ1) is 7.13. The van der Waals surface area contributed by atoms with Gasteiger partial charge in [-0.15, -0.1) is 0 Å². The SMILES string of the molecule is C=CC(=O)c1cc(Br)c(OC)cc1OC. The average molecular weight is 271 g/mol. The average Bonchev–Trinajstić information content (AvgIpc) is 2.27. The summed E-state index contributed by atoms with van der Waals surface area (Å²) in [6, 6.07) is 3.31. The molecule has 0 aliphatic heterocycles. The molecule has 4 heteroatoms. The molecule has 0 heterocycles. The van der Waals surface area contributed by atoms with Crippen molar-refractivity contribution in [3.05, 3.63) is 34.8 Å². The van der Waals surface area contributed by atoms with Crippen LogP contribution in [0.15, 0.2) is 29.3 Å². The number of methoxy groups -OCH3 is 2. The van der Waals surface area contributed by atoms with Gasteiger partial charge in [0.05, 0.1) is 24.3 Å². The molecule has 0 aliphatic carbocycles. The Hall–Kier alpha value is -1.29. The lowest BCUT2D eigenvalue weighted by molar-refractivity contribution is 0.104. The highest BCUT2D eigenvalue weighted by Gasteiger charge is 2.13. The lowest BCUT2D eigenvalue weighted by Gasteiger charge is -2.09. The molecule has 0 unspecified atom stereocenters. The molecule has 0 radical (unpaired) electrons. The standard InChI is InChI=1S/C11H11BrO3/c1-4-9(13)7-5-8(12)11(15-3)6-10(7)14-2/h4-6H,1H2,2-3H3. The summed E-state index contributed by atoms with van der Waals surface area (Å²) in [5, 5.41) is 0. The zero-order valence-corrected chi connectivity index (χ0v) is 10.1. The summed E-state index contributed by atoms with van der Waals surface area (Å²) in [6.07, 6.45) is 1.25. The lowest BCUT2D eigenvalue weighted by Crippen LogP contribution is -1.99. The Kier molecular flexibility index (Phi) is 3.91. The molecule has 0 fully saturated rings. The van der Waals surface area contributed by atoms with Crippen molar-refractivity contribution in [1.29, 1.82) is 0 Å². The number of carbonyl (C=O) groups excluding carboxylic acids is 1. The molecule has 0 saturated heterocycles. The van der Waals surface area contributed by atoms with E-state index in [-0.39, 0.29) is 5.78 Å². The zero-order valence-electron chi connectivity index (χ0n) is 8.54. The maximum atomic E-state index is 11.5. The third-order valence-electron chi connectivity index (χ3n) is 1.92. The smallest absolute Gasteiger partial charge is 0.189 e. The number of hydrogen-bond acceptors (Lipinski definition) is 3. The largest absolute Gasteiger partial charge is 0.496 e. The van der Waals surface area contributed by atoms with Gasteiger partial charge < -0.3 is 9.47 Å². The third-order valence-corrected chi connectivity index (χ3v) is 2.54. The number of ether oxygens (including phenoxy) is 2. The molecule has 0 N–H and O–H groups in total. The summed E-state index contributed by atoms with van der Waals surface area (Å²) < 4.78 is 10.9. The molecule has 1 aromatic rings. The molecule has 0 aromatic heterocycles. The second-order valence-electron chi connectivity index (χ2n) is 2.76. The minimum atomic E-state index is -0.185. The topological polar surface area (TPSA) is 35.5 Å². The first-order valence-electron chi connectivity index (χ1n) is 4.22. The van der Waals surface area contributed by atoms with E-state index in [2.05, 4.69) is 22.5 Å². The van der Waals surface area contributed by atoms with Crippen molar-refractivity contribution in [1.82, 2.24) is 0 Å². The Bertz CT molecular complexity index is 399. The van der Waals surface area contributed by atoms with Gasteiger partial charge in [-0.3, -0.25) is 4.79 Å². The highest BCUT2D eigenvalue weighted by Crippen LogP contribution is 2.33. The van der Waals surface area contributed by atoms with Crippen LogP contribution in [0.25, 0.3) is 0 Å². The quantitative estimate of drug-likeness (QED) is 0.624. The van der Waals surface area contributed by atoms with Crippen molar-refractivity contribution in [2.24, 2.45) is 0 Å². The van der Waals surface area contributed by atoms with Crippen molar-refractivity contribution in [2.45, 2.75) is 0 Å². The molecule has 0 aliphatic rings. The fourth-order valence-electron chi connectivity index (χ4n) is 1.16. The van der Waals surface area contributed by atoms with Crippen molar-refractivity contribution in [3.8, 4) is 11.5 Å². The van der Waals surface area contributed by atoms with Crippen molar-refractivity contribution in [2.75, 3.05) is 14.2 Å². The second kappa shape index (κ2) is 4.98. The molecular formula is C11H11BrO3. The van der Waals surface area contributed by atoms with Gasteiger partial charge >= 0.3 is 0 Å². The van der Waals surface area contributed by atoms with E-state index in [9.17, 15) is 4.79 Å². The lowest BCUT2D eigenvalue weighted by atomic mass is 10.1. The van der Waals surface area contributed by atoms with Gasteiger partial charge in [0.25, 0.3) is 0 Å². The van der Waals surface area contributed by atoms with E-state index in [4.69, 9.17) is 9.47 Å². The number of allylic oxidation sites excluding steroid dienone is 1. The first kappa shape index (κ1) is 11.8. The van der Waals surface area contributed by atoms with Gasteiger partial charge in [-0.05, 0) is 28.1 Å². The predicted octanol–water partition coefficient (Wildman–Crippen LogP) is 2.84. The maximum absolute atomic E-state index is 11.5. The van der Waals surface area contributed by atoms with E-state index in [0.29, 0.717) is 21.5 Å². The Morgan fingerprint density at radius 2 is 1.93 bits per heavy atom. The summed E-state index contributed by atoms with van der Waals surface area (Å²) in [5.41, 5.74) is 0.458. The number of rotatable bonds is 4. The number of ketones is 1. The molecule has 0 amide bonds. The number of benzene rings is 1. The molecular weight excluding hydrogens is 260 g/mol. The van der Waals surface area contributed by atoms with Crippen LogP contribution in [0.5, 0.6) is 11.5 Å². The van der Waals surface area contributed by atoms with Crippen LogP contribution in [0.2, 0.25) is 0 Å². The van der Waals surface area contributed by atoms with Gasteiger partial charge in [0.2, 0.25) is 0 Å². The molecule has 0 bridgehead atoms. The van der Waals surface area contributed by atoms with Gasteiger partial charge in [0, 0.05) is 6.07 Å². The van der Waals surface area contributed by atoms with Crippen LogP contribution in [-0.4, -0.2) is 20.0 Å². The Balaban J connectivity index is 3.33. The Labute approximate surface area is 96.8 Å². The Morgan fingerprint density at radius 3 is 2.40 bits per heavy atom. The fourth-order valence-corrected chi connectivity index (χ4v) is 1.67.